The number of hydrogen-bond acceptors (Lipinski definition) is 3. The topological polar surface area (TPSA) is 46.2 Å². The summed E-state index contributed by atoms with van der Waals surface area (Å²) in [5.41, 5.74) is 6.45. The zero-order valence-electron chi connectivity index (χ0n) is 8.74. The normalized spacial score (nSPS) is 12.8. The molecule has 0 unspecified atom stereocenters. The van der Waals surface area contributed by atoms with Crippen LogP contribution in [-0.4, -0.2) is 17.5 Å². The second-order valence-electron chi connectivity index (χ2n) is 3.40. The number of rotatable bonds is 5. The van der Waals surface area contributed by atoms with E-state index in [1.807, 2.05) is 13.0 Å². The lowest BCUT2D eigenvalue weighted by Crippen LogP contribution is -2.05. The lowest BCUT2D eigenvalue weighted by molar-refractivity contribution is 0.296. The van der Waals surface area contributed by atoms with Gasteiger partial charge in [0.25, 0.3) is 0 Å². The average molecular weight is 229 g/mol. The molecule has 1 atom stereocenters. The Balaban J connectivity index is 2.66. The molecule has 3 N–H and O–H groups in total. The van der Waals surface area contributed by atoms with Gasteiger partial charge >= 0.3 is 0 Å². The maximum Gasteiger partial charge on any atom is 0.137 e. The number of aliphatic hydroxyl groups excluding tert-OH is 1. The molecule has 2 nitrogen and oxygen atoms in total. The molecule has 0 bridgehead atoms. The van der Waals surface area contributed by atoms with Gasteiger partial charge in [-0.15, -0.1) is 11.8 Å². The van der Waals surface area contributed by atoms with E-state index in [9.17, 15) is 4.39 Å². The van der Waals surface area contributed by atoms with Crippen molar-refractivity contribution in [3.05, 3.63) is 29.6 Å². The minimum atomic E-state index is -0.229. The molecule has 0 saturated carbocycles. The Bertz CT molecular complexity index is 317. The highest BCUT2D eigenvalue weighted by molar-refractivity contribution is 7.99. The standard InChI is InChI=1S/C11H16FNOS/c1-8(13)9-3-4-11(10(12)7-9)15-6-2-5-14/h3-4,7-8,14H,2,5-6,13H2,1H3/t8-/m0/s1. The van der Waals surface area contributed by atoms with E-state index in [1.165, 1.54) is 17.8 Å². The van der Waals surface area contributed by atoms with E-state index in [1.54, 1.807) is 6.07 Å². The van der Waals surface area contributed by atoms with Gasteiger partial charge in [0.2, 0.25) is 0 Å². The molecule has 1 aromatic rings. The Hall–Kier alpha value is -0.580. The Labute approximate surface area is 93.7 Å². The highest BCUT2D eigenvalue weighted by atomic mass is 32.2. The number of nitrogens with two attached hydrogens (primary N) is 1. The van der Waals surface area contributed by atoms with E-state index in [0.717, 1.165) is 11.3 Å². The summed E-state index contributed by atoms with van der Waals surface area (Å²) in [7, 11) is 0. The minimum absolute atomic E-state index is 0.143. The predicted molar refractivity (Wildman–Crippen MR) is 61.4 cm³/mol. The van der Waals surface area contributed by atoms with Crippen LogP contribution in [0.25, 0.3) is 0 Å². The van der Waals surface area contributed by atoms with E-state index < -0.39 is 0 Å². The van der Waals surface area contributed by atoms with Crippen molar-refractivity contribution >= 4 is 11.8 Å². The van der Waals surface area contributed by atoms with E-state index in [4.69, 9.17) is 10.8 Å². The van der Waals surface area contributed by atoms with Crippen molar-refractivity contribution in [1.82, 2.24) is 0 Å². The Morgan fingerprint density at radius 1 is 1.53 bits per heavy atom. The summed E-state index contributed by atoms with van der Waals surface area (Å²) < 4.78 is 13.5. The fourth-order valence-corrected chi connectivity index (χ4v) is 2.02. The number of thioether (sulfide) groups is 1. The number of aliphatic hydroxyl groups is 1. The zero-order chi connectivity index (χ0) is 11.3. The van der Waals surface area contributed by atoms with Crippen LogP contribution < -0.4 is 5.73 Å². The number of halogens is 1. The van der Waals surface area contributed by atoms with Crippen LogP contribution in [0.15, 0.2) is 23.1 Å². The molecular formula is C11H16FNOS. The molecule has 1 aromatic carbocycles. The Morgan fingerprint density at radius 2 is 2.27 bits per heavy atom. The number of hydrogen-bond donors (Lipinski definition) is 2. The first-order valence-electron chi connectivity index (χ1n) is 4.94. The molecule has 0 spiro atoms. The second kappa shape index (κ2) is 6.10. The van der Waals surface area contributed by atoms with Gasteiger partial charge in [0.15, 0.2) is 0 Å². The Kier molecular flexibility index (Phi) is 5.08. The molecule has 0 radical (unpaired) electrons. The van der Waals surface area contributed by atoms with Gasteiger partial charge in [0.1, 0.15) is 5.82 Å². The van der Waals surface area contributed by atoms with Crippen LogP contribution in [0.3, 0.4) is 0 Å². The molecule has 0 aromatic heterocycles. The van der Waals surface area contributed by atoms with Crippen molar-refractivity contribution in [2.45, 2.75) is 24.3 Å². The molecular weight excluding hydrogens is 213 g/mol. The Morgan fingerprint density at radius 3 is 2.80 bits per heavy atom. The first-order chi connectivity index (χ1) is 7.15. The average Bonchev–Trinajstić information content (AvgIpc) is 2.20. The minimum Gasteiger partial charge on any atom is -0.396 e. The SMILES string of the molecule is C[C@H](N)c1ccc(SCCCO)c(F)c1. The van der Waals surface area contributed by atoms with Gasteiger partial charge in [0, 0.05) is 23.3 Å². The third-order valence-corrected chi connectivity index (χ3v) is 3.18. The van der Waals surface area contributed by atoms with Crippen molar-refractivity contribution < 1.29 is 9.50 Å². The van der Waals surface area contributed by atoms with Gasteiger partial charge in [-0.25, -0.2) is 4.39 Å². The van der Waals surface area contributed by atoms with Gasteiger partial charge in [0.05, 0.1) is 0 Å². The quantitative estimate of drug-likeness (QED) is 0.601. The lowest BCUT2D eigenvalue weighted by Gasteiger charge is -2.08. The summed E-state index contributed by atoms with van der Waals surface area (Å²) in [6.45, 7) is 1.97. The summed E-state index contributed by atoms with van der Waals surface area (Å²) in [6, 6.07) is 4.92. The molecule has 84 valence electrons. The van der Waals surface area contributed by atoms with Crippen molar-refractivity contribution in [1.29, 1.82) is 0 Å². The second-order valence-corrected chi connectivity index (χ2v) is 4.54. The fourth-order valence-electron chi connectivity index (χ4n) is 1.16. The van der Waals surface area contributed by atoms with Crippen molar-refractivity contribution in [3.63, 3.8) is 0 Å². The van der Waals surface area contributed by atoms with Crippen LogP contribution in [-0.2, 0) is 0 Å². The smallest absolute Gasteiger partial charge is 0.137 e. The zero-order valence-corrected chi connectivity index (χ0v) is 9.56. The first-order valence-corrected chi connectivity index (χ1v) is 5.92. The van der Waals surface area contributed by atoms with E-state index >= 15 is 0 Å². The first kappa shape index (κ1) is 12.5. The van der Waals surface area contributed by atoms with Gasteiger partial charge < -0.3 is 10.8 Å². The summed E-state index contributed by atoms with van der Waals surface area (Å²) in [4.78, 5) is 0.618. The highest BCUT2D eigenvalue weighted by Crippen LogP contribution is 2.24. The summed E-state index contributed by atoms with van der Waals surface area (Å²) in [5.74, 6) is 0.498. The maximum atomic E-state index is 13.5. The van der Waals surface area contributed by atoms with E-state index in [0.29, 0.717) is 11.3 Å². The third-order valence-electron chi connectivity index (χ3n) is 2.04. The van der Waals surface area contributed by atoms with Crippen LogP contribution in [0, 0.1) is 5.82 Å². The maximum absolute atomic E-state index is 13.5. The number of benzene rings is 1. The van der Waals surface area contributed by atoms with Crippen LogP contribution in [0.5, 0.6) is 0 Å². The monoisotopic (exact) mass is 229 g/mol. The van der Waals surface area contributed by atoms with Gasteiger partial charge in [-0.2, -0.15) is 0 Å². The largest absolute Gasteiger partial charge is 0.396 e. The van der Waals surface area contributed by atoms with Gasteiger partial charge in [-0.05, 0) is 31.0 Å². The van der Waals surface area contributed by atoms with Crippen LogP contribution in [0.2, 0.25) is 0 Å². The van der Waals surface area contributed by atoms with Crippen molar-refractivity contribution in [2.75, 3.05) is 12.4 Å². The van der Waals surface area contributed by atoms with Crippen molar-refractivity contribution in [2.24, 2.45) is 5.73 Å². The third kappa shape index (κ3) is 3.81. The molecule has 0 aliphatic carbocycles. The molecule has 0 amide bonds. The van der Waals surface area contributed by atoms with E-state index in [2.05, 4.69) is 0 Å². The molecule has 4 heteroatoms. The van der Waals surface area contributed by atoms with Crippen LogP contribution in [0.4, 0.5) is 4.39 Å². The summed E-state index contributed by atoms with van der Waals surface area (Å²) >= 11 is 1.42. The van der Waals surface area contributed by atoms with Gasteiger partial charge in [-0.3, -0.25) is 0 Å². The van der Waals surface area contributed by atoms with Gasteiger partial charge in [-0.1, -0.05) is 6.07 Å². The predicted octanol–water partition coefficient (Wildman–Crippen LogP) is 2.32. The van der Waals surface area contributed by atoms with Crippen LogP contribution >= 0.6 is 11.8 Å². The molecule has 15 heavy (non-hydrogen) atoms. The van der Waals surface area contributed by atoms with Crippen molar-refractivity contribution in [3.8, 4) is 0 Å². The molecule has 0 aliphatic heterocycles. The molecule has 0 aliphatic rings. The molecule has 1 rings (SSSR count). The summed E-state index contributed by atoms with van der Waals surface area (Å²) in [5, 5.41) is 8.61. The molecule has 0 saturated heterocycles. The molecule has 0 fully saturated rings. The van der Waals surface area contributed by atoms with Crippen LogP contribution in [0.1, 0.15) is 24.9 Å². The fraction of sp³-hybridized carbons (Fsp3) is 0.455. The molecule has 0 heterocycles. The highest BCUT2D eigenvalue weighted by Gasteiger charge is 2.06. The summed E-state index contributed by atoms with van der Waals surface area (Å²) in [6.07, 6.45) is 0.680. The lowest BCUT2D eigenvalue weighted by atomic mass is 10.1. The van der Waals surface area contributed by atoms with E-state index in [-0.39, 0.29) is 18.5 Å².